The fraction of sp³-hybridized carbons (Fsp3) is 0.263. The predicted octanol–water partition coefficient (Wildman–Crippen LogP) is 3.14. The number of aromatic nitrogens is 4. The van der Waals surface area contributed by atoms with Crippen molar-refractivity contribution in [3.63, 3.8) is 0 Å². The molecule has 3 rings (SSSR count). The molecule has 1 atom stereocenters. The lowest BCUT2D eigenvalue weighted by atomic mass is 10.2. The largest absolute Gasteiger partial charge is 0.573 e. The molecule has 11 heteroatoms. The molecule has 0 radical (unpaired) electrons. The van der Waals surface area contributed by atoms with Crippen LogP contribution in [0.5, 0.6) is 5.75 Å². The minimum Gasteiger partial charge on any atom is -0.404 e. The van der Waals surface area contributed by atoms with Crippen LogP contribution >= 0.6 is 0 Å². The minimum atomic E-state index is -4.92. The van der Waals surface area contributed by atoms with Gasteiger partial charge in [0.05, 0.1) is 11.4 Å². The summed E-state index contributed by atoms with van der Waals surface area (Å²) < 4.78 is 44.1. The van der Waals surface area contributed by atoms with Crippen LogP contribution in [0.25, 0.3) is 5.82 Å². The van der Waals surface area contributed by atoms with Crippen LogP contribution < -0.4 is 15.6 Å². The molecule has 1 unspecified atom stereocenters. The number of carbonyl (C=O) groups is 1. The van der Waals surface area contributed by atoms with Gasteiger partial charge in [0, 0.05) is 11.8 Å². The molecule has 0 aliphatic heterocycles. The van der Waals surface area contributed by atoms with E-state index in [0.29, 0.717) is 5.82 Å². The molecule has 30 heavy (non-hydrogen) atoms. The third-order valence-electron chi connectivity index (χ3n) is 4.15. The Labute approximate surface area is 168 Å². The Hall–Kier alpha value is -3.63. The lowest BCUT2D eigenvalue weighted by molar-refractivity contribution is -0.274. The van der Waals surface area contributed by atoms with Crippen molar-refractivity contribution in [2.75, 3.05) is 5.32 Å². The summed E-state index contributed by atoms with van der Waals surface area (Å²) >= 11 is 0. The highest BCUT2D eigenvalue weighted by Crippen LogP contribution is 2.30. The van der Waals surface area contributed by atoms with E-state index in [1.807, 2.05) is 13.0 Å². The van der Waals surface area contributed by atoms with Crippen molar-refractivity contribution in [2.45, 2.75) is 33.2 Å². The van der Waals surface area contributed by atoms with Crippen LogP contribution in [0.15, 0.2) is 47.3 Å². The second kappa shape index (κ2) is 8.01. The van der Waals surface area contributed by atoms with Crippen molar-refractivity contribution < 1.29 is 22.7 Å². The summed E-state index contributed by atoms with van der Waals surface area (Å²) in [5.74, 6) is -0.990. The molecule has 0 spiro atoms. The van der Waals surface area contributed by atoms with Gasteiger partial charge in [-0.15, -0.1) is 18.3 Å². The third kappa shape index (κ3) is 4.67. The number of aryl methyl sites for hydroxylation is 2. The molecule has 0 fully saturated rings. The van der Waals surface area contributed by atoms with Gasteiger partial charge in [-0.25, -0.2) is 9.36 Å². The minimum absolute atomic E-state index is 0.186. The van der Waals surface area contributed by atoms with Crippen LogP contribution in [0.4, 0.5) is 18.9 Å². The molecule has 2 heterocycles. The Kier molecular flexibility index (Phi) is 5.63. The molecule has 1 aromatic carbocycles. The standard InChI is InChI=1S/C19H18F3N5O3/c1-11-10-12(2)26(24-11)16-8-9-17(28)27(25-16)13(3)18(29)23-14-6-4-5-7-15(14)30-19(20,21)22/h4-10,13H,1-3H3,(H,23,29). The molecule has 0 saturated heterocycles. The zero-order chi connectivity index (χ0) is 22.1. The fourth-order valence-electron chi connectivity index (χ4n) is 2.80. The first-order valence-corrected chi connectivity index (χ1v) is 8.84. The maximum Gasteiger partial charge on any atom is 0.573 e. The number of anilines is 1. The summed E-state index contributed by atoms with van der Waals surface area (Å²) in [4.78, 5) is 24.9. The van der Waals surface area contributed by atoms with E-state index in [1.54, 1.807) is 6.92 Å². The first-order chi connectivity index (χ1) is 14.0. The molecule has 8 nitrogen and oxygen atoms in total. The van der Waals surface area contributed by atoms with E-state index in [9.17, 15) is 22.8 Å². The summed E-state index contributed by atoms with van der Waals surface area (Å²) in [6.07, 6.45) is -4.92. The number of hydrogen-bond donors (Lipinski definition) is 1. The number of nitrogens with zero attached hydrogens (tertiary/aromatic N) is 4. The van der Waals surface area contributed by atoms with Crippen molar-refractivity contribution >= 4 is 11.6 Å². The van der Waals surface area contributed by atoms with Crippen LogP contribution in [0.1, 0.15) is 24.4 Å². The van der Waals surface area contributed by atoms with Gasteiger partial charge in [0.2, 0.25) is 5.91 Å². The monoisotopic (exact) mass is 421 g/mol. The molecule has 158 valence electrons. The van der Waals surface area contributed by atoms with Crippen LogP contribution in [-0.2, 0) is 4.79 Å². The molecule has 1 amide bonds. The second-order valence-corrected chi connectivity index (χ2v) is 6.52. The second-order valence-electron chi connectivity index (χ2n) is 6.52. The summed E-state index contributed by atoms with van der Waals surface area (Å²) in [5.41, 5.74) is 0.789. The number of halogens is 3. The van der Waals surface area contributed by atoms with Crippen LogP contribution in [0, 0.1) is 13.8 Å². The first kappa shape index (κ1) is 21.1. The van der Waals surface area contributed by atoms with Gasteiger partial charge in [-0.05, 0) is 45.0 Å². The quantitative estimate of drug-likeness (QED) is 0.684. The van der Waals surface area contributed by atoms with Crippen LogP contribution in [-0.4, -0.2) is 31.8 Å². The van der Waals surface area contributed by atoms with Gasteiger partial charge >= 0.3 is 6.36 Å². The van der Waals surface area contributed by atoms with Gasteiger partial charge in [-0.3, -0.25) is 9.59 Å². The normalized spacial score (nSPS) is 12.5. The van der Waals surface area contributed by atoms with E-state index in [0.717, 1.165) is 22.1 Å². The number of benzene rings is 1. The molecular weight excluding hydrogens is 403 g/mol. The van der Waals surface area contributed by atoms with Crippen molar-refractivity contribution in [2.24, 2.45) is 0 Å². The summed E-state index contributed by atoms with van der Waals surface area (Å²) in [7, 11) is 0. The molecule has 0 saturated carbocycles. The van der Waals surface area contributed by atoms with Gasteiger partial charge in [0.15, 0.2) is 11.6 Å². The maximum absolute atomic E-state index is 12.6. The Morgan fingerprint density at radius 3 is 2.47 bits per heavy atom. The van der Waals surface area contributed by atoms with Crippen LogP contribution in [0.3, 0.4) is 0 Å². The van der Waals surface area contributed by atoms with Gasteiger partial charge in [-0.2, -0.15) is 5.10 Å². The van der Waals surface area contributed by atoms with E-state index in [1.165, 1.54) is 41.9 Å². The number of ether oxygens (including phenoxy) is 1. The van der Waals surface area contributed by atoms with Gasteiger partial charge in [0.25, 0.3) is 5.56 Å². The SMILES string of the molecule is Cc1cc(C)n(-c2ccc(=O)n(C(C)C(=O)Nc3ccccc3OC(F)(F)F)n2)n1. The van der Waals surface area contributed by atoms with E-state index >= 15 is 0 Å². The van der Waals surface area contributed by atoms with E-state index < -0.39 is 29.6 Å². The Morgan fingerprint density at radius 2 is 1.83 bits per heavy atom. The molecule has 1 N–H and O–H groups in total. The molecule has 0 bridgehead atoms. The number of rotatable bonds is 5. The predicted molar refractivity (Wildman–Crippen MR) is 102 cm³/mol. The van der Waals surface area contributed by atoms with Crippen LogP contribution in [0.2, 0.25) is 0 Å². The van der Waals surface area contributed by atoms with Gasteiger partial charge in [0.1, 0.15) is 6.04 Å². The van der Waals surface area contributed by atoms with Gasteiger partial charge < -0.3 is 10.1 Å². The molecule has 0 aliphatic rings. The molecule has 2 aromatic heterocycles. The summed E-state index contributed by atoms with van der Waals surface area (Å²) in [6, 6.07) is 8.52. The van der Waals surface area contributed by atoms with Crippen molar-refractivity contribution in [1.82, 2.24) is 19.6 Å². The Morgan fingerprint density at radius 1 is 1.13 bits per heavy atom. The fourth-order valence-corrected chi connectivity index (χ4v) is 2.80. The topological polar surface area (TPSA) is 91.0 Å². The van der Waals surface area contributed by atoms with E-state index in [4.69, 9.17) is 0 Å². The zero-order valence-electron chi connectivity index (χ0n) is 16.3. The number of hydrogen-bond acceptors (Lipinski definition) is 5. The smallest absolute Gasteiger partial charge is 0.404 e. The molecule has 0 aliphatic carbocycles. The number of nitrogens with one attached hydrogen (secondary N) is 1. The number of carbonyl (C=O) groups excluding carboxylic acids is 1. The Bertz CT molecular complexity index is 1140. The molecular formula is C19H18F3N5O3. The maximum atomic E-state index is 12.6. The van der Waals surface area contributed by atoms with Gasteiger partial charge in [-0.1, -0.05) is 12.1 Å². The number of para-hydroxylation sites is 2. The van der Waals surface area contributed by atoms with Crippen molar-refractivity contribution in [3.05, 3.63) is 64.2 Å². The lowest BCUT2D eigenvalue weighted by Crippen LogP contribution is -2.34. The van der Waals surface area contributed by atoms with E-state index in [-0.39, 0.29) is 5.69 Å². The number of alkyl halides is 3. The van der Waals surface area contributed by atoms with Crippen molar-refractivity contribution in [1.29, 1.82) is 0 Å². The average molecular weight is 421 g/mol. The first-order valence-electron chi connectivity index (χ1n) is 8.84. The highest BCUT2D eigenvalue weighted by molar-refractivity contribution is 5.94. The lowest BCUT2D eigenvalue weighted by Gasteiger charge is -2.17. The number of amides is 1. The Balaban J connectivity index is 1.88. The highest BCUT2D eigenvalue weighted by atomic mass is 19.4. The zero-order valence-corrected chi connectivity index (χ0v) is 16.3. The highest BCUT2D eigenvalue weighted by Gasteiger charge is 2.32. The average Bonchev–Trinajstić information content (AvgIpc) is 3.00. The summed E-state index contributed by atoms with van der Waals surface area (Å²) in [5, 5.41) is 10.8. The molecule has 3 aromatic rings. The van der Waals surface area contributed by atoms with Crippen molar-refractivity contribution in [3.8, 4) is 11.6 Å². The van der Waals surface area contributed by atoms with E-state index in [2.05, 4.69) is 20.3 Å². The third-order valence-corrected chi connectivity index (χ3v) is 4.15. The summed E-state index contributed by atoms with van der Waals surface area (Å²) in [6.45, 7) is 5.02.